The lowest BCUT2D eigenvalue weighted by atomic mass is 10.0. The molecule has 0 saturated carbocycles. The van der Waals surface area contributed by atoms with E-state index in [0.717, 1.165) is 19.5 Å². The fourth-order valence-electron chi connectivity index (χ4n) is 1.86. The average Bonchev–Trinajstić information content (AvgIpc) is 2.20. The van der Waals surface area contributed by atoms with E-state index in [2.05, 4.69) is 0 Å². The van der Waals surface area contributed by atoms with Crippen molar-refractivity contribution in [1.82, 2.24) is 4.90 Å². The predicted molar refractivity (Wildman–Crippen MR) is 63.9 cm³/mol. The number of aliphatic hydroxyl groups is 3. The van der Waals surface area contributed by atoms with Gasteiger partial charge in [-0.15, -0.1) is 0 Å². The van der Waals surface area contributed by atoms with Crippen LogP contribution in [0.5, 0.6) is 0 Å². The molecule has 0 radical (unpaired) electrons. The lowest BCUT2D eigenvalue weighted by molar-refractivity contribution is -0.156. The number of thioether (sulfide) groups is 1. The molecule has 2 saturated heterocycles. The molecule has 2 aliphatic rings. The minimum absolute atomic E-state index is 0.276. The van der Waals surface area contributed by atoms with Crippen LogP contribution in [0.15, 0.2) is 0 Å². The van der Waals surface area contributed by atoms with Gasteiger partial charge >= 0.3 is 0 Å². The summed E-state index contributed by atoms with van der Waals surface area (Å²) in [5.74, 6) is 0. The number of hydrogen-bond acceptors (Lipinski definition) is 6. The standard InChI is InChI=1S/C10H18N2O4S/c11-10(12-2-1-3-12)17-8-4-6(14)9(15)7(5-13)16-8/h6-9,11,13-15H,1-5H2/t6-,7-,8-,9+/m1/s1. The molecule has 0 unspecified atom stereocenters. The molecule has 4 N–H and O–H groups in total. The summed E-state index contributed by atoms with van der Waals surface area (Å²) in [5.41, 5.74) is -0.376. The topological polar surface area (TPSA) is 97.0 Å². The van der Waals surface area contributed by atoms with Crippen LogP contribution in [0.3, 0.4) is 0 Å². The van der Waals surface area contributed by atoms with E-state index in [-0.39, 0.29) is 18.5 Å². The van der Waals surface area contributed by atoms with Crippen LogP contribution >= 0.6 is 11.8 Å². The van der Waals surface area contributed by atoms with E-state index in [1.165, 1.54) is 11.8 Å². The highest BCUT2D eigenvalue weighted by Gasteiger charge is 2.37. The van der Waals surface area contributed by atoms with Gasteiger partial charge in [-0.05, 0) is 6.42 Å². The molecule has 0 amide bonds. The van der Waals surface area contributed by atoms with Crippen molar-refractivity contribution >= 4 is 16.9 Å². The van der Waals surface area contributed by atoms with Crippen molar-refractivity contribution in [3.63, 3.8) is 0 Å². The number of likely N-dealkylation sites (tertiary alicyclic amines) is 1. The van der Waals surface area contributed by atoms with E-state index in [9.17, 15) is 10.2 Å². The summed E-state index contributed by atoms with van der Waals surface area (Å²) < 4.78 is 5.44. The van der Waals surface area contributed by atoms with E-state index < -0.39 is 18.3 Å². The van der Waals surface area contributed by atoms with Crippen LogP contribution < -0.4 is 0 Å². The molecule has 17 heavy (non-hydrogen) atoms. The van der Waals surface area contributed by atoms with Gasteiger partial charge in [-0.25, -0.2) is 0 Å². The van der Waals surface area contributed by atoms with Gasteiger partial charge in [0.05, 0.1) is 12.7 Å². The number of ether oxygens (including phenoxy) is 1. The molecular formula is C10H18N2O4S. The van der Waals surface area contributed by atoms with Crippen LogP contribution in [0.2, 0.25) is 0 Å². The Bertz CT molecular complexity index is 287. The molecule has 2 rings (SSSR count). The molecule has 0 aromatic carbocycles. The Balaban J connectivity index is 1.86. The van der Waals surface area contributed by atoms with Gasteiger partial charge in [-0.1, -0.05) is 11.8 Å². The monoisotopic (exact) mass is 262 g/mol. The number of amidine groups is 1. The van der Waals surface area contributed by atoms with Crippen LogP contribution in [0.4, 0.5) is 0 Å². The lowest BCUT2D eigenvalue weighted by Gasteiger charge is -2.38. The molecule has 2 fully saturated rings. The largest absolute Gasteiger partial charge is 0.394 e. The highest BCUT2D eigenvalue weighted by Crippen LogP contribution is 2.30. The Morgan fingerprint density at radius 3 is 2.65 bits per heavy atom. The number of nitrogens with one attached hydrogen (secondary N) is 1. The van der Waals surface area contributed by atoms with Gasteiger partial charge in [0, 0.05) is 19.5 Å². The first kappa shape index (κ1) is 13.1. The second-order valence-electron chi connectivity index (χ2n) is 4.34. The normalized spacial score (nSPS) is 37.7. The molecule has 0 spiro atoms. The maximum atomic E-state index is 9.63. The first-order chi connectivity index (χ1) is 8.11. The molecule has 6 nitrogen and oxygen atoms in total. The van der Waals surface area contributed by atoms with E-state index in [0.29, 0.717) is 5.17 Å². The molecule has 0 bridgehead atoms. The van der Waals surface area contributed by atoms with Gasteiger partial charge in [0.2, 0.25) is 0 Å². The van der Waals surface area contributed by atoms with Gasteiger partial charge in [-0.2, -0.15) is 0 Å². The maximum absolute atomic E-state index is 9.63. The second-order valence-corrected chi connectivity index (χ2v) is 5.49. The van der Waals surface area contributed by atoms with E-state index >= 15 is 0 Å². The average molecular weight is 262 g/mol. The summed E-state index contributed by atoms with van der Waals surface area (Å²) in [6, 6.07) is 0. The summed E-state index contributed by atoms with van der Waals surface area (Å²) in [6.45, 7) is 1.46. The van der Waals surface area contributed by atoms with Gasteiger partial charge in [0.1, 0.15) is 17.6 Å². The molecule has 0 aliphatic carbocycles. The Morgan fingerprint density at radius 1 is 1.41 bits per heavy atom. The minimum atomic E-state index is -1.05. The lowest BCUT2D eigenvalue weighted by Crippen LogP contribution is -2.50. The zero-order valence-electron chi connectivity index (χ0n) is 9.45. The Labute approximate surface area is 104 Å². The Morgan fingerprint density at radius 2 is 2.12 bits per heavy atom. The van der Waals surface area contributed by atoms with Gasteiger partial charge < -0.3 is 25.0 Å². The number of hydrogen-bond donors (Lipinski definition) is 4. The van der Waals surface area contributed by atoms with Crippen molar-refractivity contribution < 1.29 is 20.1 Å². The Hall–Kier alpha value is -0.340. The third-order valence-corrected chi connectivity index (χ3v) is 4.15. The summed E-state index contributed by atoms with van der Waals surface area (Å²) in [4.78, 5) is 1.93. The second kappa shape index (κ2) is 5.53. The van der Waals surface area contributed by atoms with Gasteiger partial charge in [0.15, 0.2) is 5.17 Å². The summed E-state index contributed by atoms with van der Waals surface area (Å²) >= 11 is 1.23. The van der Waals surface area contributed by atoms with Crippen LogP contribution in [-0.2, 0) is 4.74 Å². The number of aliphatic hydroxyl groups excluding tert-OH is 3. The van der Waals surface area contributed by atoms with E-state index in [1.54, 1.807) is 0 Å². The molecule has 4 atom stereocenters. The van der Waals surface area contributed by atoms with Crippen molar-refractivity contribution in [2.24, 2.45) is 0 Å². The van der Waals surface area contributed by atoms with Crippen LogP contribution in [0.25, 0.3) is 0 Å². The molecule has 2 aliphatic heterocycles. The molecule has 0 aromatic rings. The molecule has 7 heteroatoms. The van der Waals surface area contributed by atoms with Crippen molar-refractivity contribution in [3.8, 4) is 0 Å². The smallest absolute Gasteiger partial charge is 0.158 e. The van der Waals surface area contributed by atoms with Crippen LogP contribution in [-0.4, -0.2) is 68.8 Å². The van der Waals surface area contributed by atoms with Crippen molar-refractivity contribution in [2.45, 2.75) is 36.6 Å². The van der Waals surface area contributed by atoms with E-state index in [4.69, 9.17) is 15.3 Å². The molecule has 0 aromatic heterocycles. The fourth-order valence-corrected chi connectivity index (χ4v) is 2.93. The SMILES string of the molecule is N=C(S[C@@H]1C[C@@H](O)[C@H](O)[C@@H](CO)O1)N1CCC1. The summed E-state index contributed by atoms with van der Waals surface area (Å²) in [5, 5.41) is 36.5. The zero-order chi connectivity index (χ0) is 12.4. The summed E-state index contributed by atoms with van der Waals surface area (Å²) in [7, 11) is 0. The highest BCUT2D eigenvalue weighted by atomic mass is 32.2. The molecule has 2 heterocycles. The van der Waals surface area contributed by atoms with E-state index in [1.807, 2.05) is 4.90 Å². The van der Waals surface area contributed by atoms with Crippen molar-refractivity contribution in [2.75, 3.05) is 19.7 Å². The first-order valence-electron chi connectivity index (χ1n) is 5.74. The number of nitrogens with zero attached hydrogens (tertiary/aromatic N) is 1. The first-order valence-corrected chi connectivity index (χ1v) is 6.62. The highest BCUT2D eigenvalue weighted by molar-refractivity contribution is 8.14. The van der Waals surface area contributed by atoms with Gasteiger partial charge in [-0.3, -0.25) is 5.41 Å². The van der Waals surface area contributed by atoms with Crippen LogP contribution in [0, 0.1) is 5.41 Å². The van der Waals surface area contributed by atoms with Crippen LogP contribution in [0.1, 0.15) is 12.8 Å². The Kier molecular flexibility index (Phi) is 4.26. The predicted octanol–water partition coefficient (Wildman–Crippen LogP) is -0.811. The van der Waals surface area contributed by atoms with Gasteiger partial charge in [0.25, 0.3) is 0 Å². The quantitative estimate of drug-likeness (QED) is 0.384. The van der Waals surface area contributed by atoms with Crippen molar-refractivity contribution in [3.05, 3.63) is 0 Å². The van der Waals surface area contributed by atoms with Crippen molar-refractivity contribution in [1.29, 1.82) is 5.41 Å². The molecular weight excluding hydrogens is 244 g/mol. The zero-order valence-corrected chi connectivity index (χ0v) is 10.3. The molecule has 98 valence electrons. The minimum Gasteiger partial charge on any atom is -0.394 e. The third kappa shape index (κ3) is 2.92. The number of rotatable bonds is 2. The fraction of sp³-hybridized carbons (Fsp3) is 0.900. The maximum Gasteiger partial charge on any atom is 0.158 e. The third-order valence-electron chi connectivity index (χ3n) is 3.10. The summed E-state index contributed by atoms with van der Waals surface area (Å²) in [6.07, 6.45) is -1.33.